The van der Waals surface area contributed by atoms with Crippen molar-refractivity contribution >= 4 is 5.96 Å². The van der Waals surface area contributed by atoms with Gasteiger partial charge in [-0.25, -0.2) is 0 Å². The maximum atomic E-state index is 12.6. The highest BCUT2D eigenvalue weighted by Gasteiger charge is 2.30. The van der Waals surface area contributed by atoms with Crippen LogP contribution in [0.3, 0.4) is 0 Å². The van der Waals surface area contributed by atoms with Gasteiger partial charge in [-0.15, -0.1) is 0 Å². The second-order valence-electron chi connectivity index (χ2n) is 6.35. The van der Waals surface area contributed by atoms with E-state index in [1.54, 1.807) is 13.3 Å². The fourth-order valence-electron chi connectivity index (χ4n) is 2.99. The lowest BCUT2D eigenvalue weighted by molar-refractivity contribution is -0.137. The Bertz CT molecular complexity index is 735. The molecule has 0 radical (unpaired) electrons. The SMILES string of the molecule is CN=C(NCc1ccc(C(F)(F)F)cc1)N1CCN(Cc2ccon2)CC1. The molecule has 3 rings (SSSR count). The highest BCUT2D eigenvalue weighted by atomic mass is 19.4. The number of piperazine rings is 1. The van der Waals surface area contributed by atoms with E-state index in [0.29, 0.717) is 6.54 Å². The lowest BCUT2D eigenvalue weighted by Crippen LogP contribution is -2.52. The zero-order valence-corrected chi connectivity index (χ0v) is 15.0. The predicted molar refractivity (Wildman–Crippen MR) is 95.0 cm³/mol. The minimum atomic E-state index is -4.31. The molecule has 0 spiro atoms. The quantitative estimate of drug-likeness (QED) is 0.652. The average Bonchev–Trinajstić information content (AvgIpc) is 3.16. The number of benzene rings is 1. The van der Waals surface area contributed by atoms with Crippen molar-refractivity contribution in [3.05, 3.63) is 53.4 Å². The number of nitrogens with one attached hydrogen (secondary N) is 1. The molecule has 27 heavy (non-hydrogen) atoms. The molecule has 1 aliphatic rings. The highest BCUT2D eigenvalue weighted by molar-refractivity contribution is 5.80. The topological polar surface area (TPSA) is 56.9 Å². The van der Waals surface area contributed by atoms with Crippen LogP contribution in [-0.2, 0) is 19.3 Å². The van der Waals surface area contributed by atoms with Crippen LogP contribution in [0.5, 0.6) is 0 Å². The molecule has 1 fully saturated rings. The van der Waals surface area contributed by atoms with Gasteiger partial charge in [0.1, 0.15) is 6.26 Å². The lowest BCUT2D eigenvalue weighted by Gasteiger charge is -2.36. The minimum absolute atomic E-state index is 0.421. The standard InChI is InChI=1S/C18H22F3N5O/c1-22-17(23-12-14-2-4-15(5-3-14)18(19,20)21)26-9-7-25(8-10-26)13-16-6-11-27-24-16/h2-6,11H,7-10,12-13H2,1H3,(H,22,23). The van der Waals surface area contributed by atoms with Crippen molar-refractivity contribution in [1.29, 1.82) is 0 Å². The number of rotatable bonds is 4. The largest absolute Gasteiger partial charge is 0.416 e. The minimum Gasteiger partial charge on any atom is -0.364 e. The van der Waals surface area contributed by atoms with E-state index in [9.17, 15) is 13.2 Å². The Balaban J connectivity index is 1.48. The second-order valence-corrected chi connectivity index (χ2v) is 6.35. The highest BCUT2D eigenvalue weighted by Crippen LogP contribution is 2.29. The number of hydrogen-bond donors (Lipinski definition) is 1. The van der Waals surface area contributed by atoms with Crippen molar-refractivity contribution in [3.63, 3.8) is 0 Å². The summed E-state index contributed by atoms with van der Waals surface area (Å²) in [6.45, 7) is 4.53. The van der Waals surface area contributed by atoms with E-state index < -0.39 is 11.7 Å². The van der Waals surface area contributed by atoms with Crippen LogP contribution in [0.4, 0.5) is 13.2 Å². The number of aliphatic imine (C=N–C) groups is 1. The molecule has 1 aromatic heterocycles. The summed E-state index contributed by atoms with van der Waals surface area (Å²) >= 11 is 0. The molecule has 0 saturated carbocycles. The van der Waals surface area contributed by atoms with Gasteiger partial charge >= 0.3 is 6.18 Å². The molecular weight excluding hydrogens is 359 g/mol. The second kappa shape index (κ2) is 8.43. The molecule has 9 heteroatoms. The summed E-state index contributed by atoms with van der Waals surface area (Å²) in [4.78, 5) is 8.72. The maximum Gasteiger partial charge on any atom is 0.416 e. The van der Waals surface area contributed by atoms with Gasteiger partial charge in [0.05, 0.1) is 11.3 Å². The molecule has 1 aliphatic heterocycles. The normalized spacial score (nSPS) is 16.6. The van der Waals surface area contributed by atoms with Gasteiger partial charge in [-0.05, 0) is 17.7 Å². The van der Waals surface area contributed by atoms with Crippen LogP contribution >= 0.6 is 0 Å². The van der Waals surface area contributed by atoms with Crippen LogP contribution in [0.2, 0.25) is 0 Å². The molecule has 1 aromatic carbocycles. The van der Waals surface area contributed by atoms with Gasteiger partial charge in [0.2, 0.25) is 0 Å². The third kappa shape index (κ3) is 5.22. The van der Waals surface area contributed by atoms with Gasteiger partial charge in [0, 0.05) is 52.4 Å². The first-order valence-electron chi connectivity index (χ1n) is 8.69. The third-order valence-corrected chi connectivity index (χ3v) is 4.49. The third-order valence-electron chi connectivity index (χ3n) is 4.49. The fourth-order valence-corrected chi connectivity index (χ4v) is 2.99. The van der Waals surface area contributed by atoms with Crippen LogP contribution in [-0.4, -0.2) is 54.1 Å². The maximum absolute atomic E-state index is 12.6. The number of hydrogen-bond acceptors (Lipinski definition) is 4. The van der Waals surface area contributed by atoms with E-state index in [2.05, 4.69) is 25.3 Å². The van der Waals surface area contributed by atoms with Crippen LogP contribution in [0, 0.1) is 0 Å². The monoisotopic (exact) mass is 381 g/mol. The Labute approximate surface area is 155 Å². The molecule has 0 atom stereocenters. The summed E-state index contributed by atoms with van der Waals surface area (Å²) in [5, 5.41) is 7.15. The molecule has 0 aliphatic carbocycles. The van der Waals surface area contributed by atoms with E-state index in [1.807, 2.05) is 6.07 Å². The molecule has 0 unspecified atom stereocenters. The van der Waals surface area contributed by atoms with Crippen molar-refractivity contribution in [1.82, 2.24) is 20.3 Å². The van der Waals surface area contributed by atoms with Crippen LogP contribution in [0.25, 0.3) is 0 Å². The predicted octanol–water partition coefficient (Wildman–Crippen LogP) is 2.59. The Morgan fingerprint density at radius 1 is 1.15 bits per heavy atom. The number of halogens is 3. The van der Waals surface area contributed by atoms with Crippen molar-refractivity contribution in [2.24, 2.45) is 4.99 Å². The Hall–Kier alpha value is -2.55. The first-order valence-corrected chi connectivity index (χ1v) is 8.69. The van der Waals surface area contributed by atoms with E-state index in [4.69, 9.17) is 4.52 Å². The molecule has 6 nitrogen and oxygen atoms in total. The molecule has 1 N–H and O–H groups in total. The van der Waals surface area contributed by atoms with Crippen LogP contribution in [0.15, 0.2) is 46.1 Å². The Kier molecular flexibility index (Phi) is 6.00. The Morgan fingerprint density at radius 3 is 2.41 bits per heavy atom. The van der Waals surface area contributed by atoms with Crippen molar-refractivity contribution in [2.45, 2.75) is 19.3 Å². The molecule has 0 bridgehead atoms. The van der Waals surface area contributed by atoms with E-state index in [1.165, 1.54) is 12.1 Å². The summed E-state index contributed by atoms with van der Waals surface area (Å²) in [5.74, 6) is 0.746. The van der Waals surface area contributed by atoms with Gasteiger partial charge in [-0.3, -0.25) is 9.89 Å². The van der Waals surface area contributed by atoms with Gasteiger partial charge < -0.3 is 14.7 Å². The summed E-state index contributed by atoms with van der Waals surface area (Å²) in [5.41, 5.74) is 1.04. The van der Waals surface area contributed by atoms with Gasteiger partial charge in [-0.2, -0.15) is 13.2 Å². The number of guanidine groups is 1. The molecule has 0 amide bonds. The summed E-state index contributed by atoms with van der Waals surface area (Å²) in [7, 11) is 1.71. The molecule has 2 aromatic rings. The smallest absolute Gasteiger partial charge is 0.364 e. The van der Waals surface area contributed by atoms with Gasteiger partial charge in [-0.1, -0.05) is 17.3 Å². The van der Waals surface area contributed by atoms with Crippen molar-refractivity contribution in [2.75, 3.05) is 33.2 Å². The summed E-state index contributed by atoms with van der Waals surface area (Å²) in [6.07, 6.45) is -2.74. The average molecular weight is 381 g/mol. The van der Waals surface area contributed by atoms with Crippen molar-refractivity contribution < 1.29 is 17.7 Å². The number of nitrogens with zero attached hydrogens (tertiary/aromatic N) is 4. The van der Waals surface area contributed by atoms with Gasteiger partial charge in [0.15, 0.2) is 5.96 Å². The number of aromatic nitrogens is 1. The van der Waals surface area contributed by atoms with Crippen LogP contribution < -0.4 is 5.32 Å². The van der Waals surface area contributed by atoms with Gasteiger partial charge in [0.25, 0.3) is 0 Å². The number of alkyl halides is 3. The fraction of sp³-hybridized carbons (Fsp3) is 0.444. The first-order chi connectivity index (χ1) is 13.0. The summed E-state index contributed by atoms with van der Waals surface area (Å²) in [6, 6.07) is 7.03. The zero-order chi connectivity index (χ0) is 19.3. The zero-order valence-electron chi connectivity index (χ0n) is 15.0. The first kappa shape index (κ1) is 19.2. The molecular formula is C18H22F3N5O. The van der Waals surface area contributed by atoms with Crippen molar-refractivity contribution in [3.8, 4) is 0 Å². The molecule has 1 saturated heterocycles. The molecule has 2 heterocycles. The summed E-state index contributed by atoms with van der Waals surface area (Å²) < 4.78 is 42.7. The van der Waals surface area contributed by atoms with Crippen LogP contribution in [0.1, 0.15) is 16.8 Å². The van der Waals surface area contributed by atoms with E-state index in [0.717, 1.165) is 62.1 Å². The van der Waals surface area contributed by atoms with E-state index in [-0.39, 0.29) is 0 Å². The molecule has 146 valence electrons. The lowest BCUT2D eigenvalue weighted by atomic mass is 10.1. The Morgan fingerprint density at radius 2 is 1.85 bits per heavy atom. The van der Waals surface area contributed by atoms with E-state index >= 15 is 0 Å².